The van der Waals surface area contributed by atoms with E-state index in [1.54, 1.807) is 14.2 Å². The number of ether oxygens (including phenoxy) is 3. The van der Waals surface area contributed by atoms with Gasteiger partial charge in [-0.2, -0.15) is 0 Å². The van der Waals surface area contributed by atoms with Crippen LogP contribution >= 0.6 is 0 Å². The molecule has 5 heteroatoms. The second kappa shape index (κ2) is 8.32. The summed E-state index contributed by atoms with van der Waals surface area (Å²) < 4.78 is 29.7. The van der Waals surface area contributed by atoms with E-state index in [0.29, 0.717) is 6.61 Å². The Labute approximate surface area is 148 Å². The lowest BCUT2D eigenvalue weighted by Crippen LogP contribution is -2.42. The van der Waals surface area contributed by atoms with Crippen LogP contribution in [0.5, 0.6) is 11.5 Å². The first-order valence-corrected chi connectivity index (χ1v) is 8.47. The fraction of sp³-hybridized carbons (Fsp3) is 0.400. The van der Waals surface area contributed by atoms with E-state index in [1.165, 1.54) is 12.1 Å². The van der Waals surface area contributed by atoms with E-state index >= 15 is 0 Å². The van der Waals surface area contributed by atoms with Crippen LogP contribution in [0.2, 0.25) is 0 Å². The Morgan fingerprint density at radius 2 is 1.92 bits per heavy atom. The van der Waals surface area contributed by atoms with Gasteiger partial charge < -0.3 is 14.2 Å². The highest BCUT2D eigenvalue weighted by atomic mass is 19.1. The van der Waals surface area contributed by atoms with Crippen molar-refractivity contribution in [2.75, 3.05) is 33.9 Å². The third kappa shape index (κ3) is 4.71. The molecule has 0 spiro atoms. The molecule has 0 unspecified atom stereocenters. The molecule has 0 amide bonds. The number of rotatable bonds is 6. The van der Waals surface area contributed by atoms with Gasteiger partial charge in [0.1, 0.15) is 17.3 Å². The Morgan fingerprint density at radius 3 is 2.64 bits per heavy atom. The molecule has 4 nitrogen and oxygen atoms in total. The normalized spacial score (nSPS) is 18.1. The minimum atomic E-state index is -0.208. The standard InChI is InChI=1S/C20H24FNO3/c1-23-18-7-8-20(24-2)16(12-18)13-22-9-10-25-19(14-22)11-15-3-5-17(21)6-4-15/h3-8,12,19H,9-11,13-14H2,1-2H3/t19-/m0/s1. The summed E-state index contributed by atoms with van der Waals surface area (Å²) in [6.45, 7) is 3.18. The molecule has 1 heterocycles. The summed E-state index contributed by atoms with van der Waals surface area (Å²) in [6.07, 6.45) is 0.891. The smallest absolute Gasteiger partial charge is 0.123 e. The number of methoxy groups -OCH3 is 2. The van der Waals surface area contributed by atoms with Crippen molar-refractivity contribution in [3.8, 4) is 11.5 Å². The largest absolute Gasteiger partial charge is 0.497 e. The first-order chi connectivity index (χ1) is 12.2. The minimum Gasteiger partial charge on any atom is -0.497 e. The molecule has 0 N–H and O–H groups in total. The molecule has 25 heavy (non-hydrogen) atoms. The monoisotopic (exact) mass is 345 g/mol. The van der Waals surface area contributed by atoms with Crippen molar-refractivity contribution in [2.24, 2.45) is 0 Å². The molecule has 3 rings (SSSR count). The molecule has 0 aromatic heterocycles. The van der Waals surface area contributed by atoms with Crippen molar-refractivity contribution in [2.45, 2.75) is 19.1 Å². The van der Waals surface area contributed by atoms with E-state index in [2.05, 4.69) is 4.90 Å². The van der Waals surface area contributed by atoms with E-state index in [-0.39, 0.29) is 11.9 Å². The molecule has 1 aliphatic rings. The lowest BCUT2D eigenvalue weighted by atomic mass is 10.1. The molecular formula is C20H24FNO3. The first kappa shape index (κ1) is 17.7. The summed E-state index contributed by atoms with van der Waals surface area (Å²) in [4.78, 5) is 2.36. The zero-order valence-corrected chi connectivity index (χ0v) is 14.7. The molecule has 1 fully saturated rings. The van der Waals surface area contributed by atoms with Crippen LogP contribution in [0.3, 0.4) is 0 Å². The van der Waals surface area contributed by atoms with Crippen molar-refractivity contribution >= 4 is 0 Å². The Bertz CT molecular complexity index is 690. The minimum absolute atomic E-state index is 0.107. The van der Waals surface area contributed by atoms with Gasteiger partial charge in [-0.15, -0.1) is 0 Å². The lowest BCUT2D eigenvalue weighted by molar-refractivity contribution is -0.0306. The van der Waals surface area contributed by atoms with Gasteiger partial charge in [0, 0.05) is 25.2 Å². The fourth-order valence-corrected chi connectivity index (χ4v) is 3.18. The van der Waals surface area contributed by atoms with E-state index in [1.807, 2.05) is 30.3 Å². The SMILES string of the molecule is COc1ccc(OC)c(CN2CCO[C@@H](Cc3ccc(F)cc3)C2)c1. The van der Waals surface area contributed by atoms with Gasteiger partial charge in [-0.1, -0.05) is 12.1 Å². The van der Waals surface area contributed by atoms with Gasteiger partial charge in [0.15, 0.2) is 0 Å². The van der Waals surface area contributed by atoms with Crippen LogP contribution in [-0.2, 0) is 17.7 Å². The van der Waals surface area contributed by atoms with Crippen LogP contribution in [-0.4, -0.2) is 44.9 Å². The van der Waals surface area contributed by atoms with Crippen molar-refractivity contribution in [3.05, 3.63) is 59.4 Å². The lowest BCUT2D eigenvalue weighted by Gasteiger charge is -2.33. The molecule has 0 radical (unpaired) electrons. The summed E-state index contributed by atoms with van der Waals surface area (Å²) in [5.74, 6) is 1.48. The maximum atomic E-state index is 13.0. The van der Waals surface area contributed by atoms with Crippen LogP contribution in [0, 0.1) is 5.82 Å². The molecule has 1 atom stereocenters. The average molecular weight is 345 g/mol. The van der Waals surface area contributed by atoms with Gasteiger partial charge in [0.25, 0.3) is 0 Å². The Kier molecular flexibility index (Phi) is 5.89. The van der Waals surface area contributed by atoms with Crippen LogP contribution in [0.15, 0.2) is 42.5 Å². The van der Waals surface area contributed by atoms with Gasteiger partial charge in [-0.05, 0) is 42.3 Å². The highest BCUT2D eigenvalue weighted by Gasteiger charge is 2.22. The Hall–Kier alpha value is -2.11. The number of hydrogen-bond acceptors (Lipinski definition) is 4. The molecular weight excluding hydrogens is 321 g/mol. The molecule has 0 saturated carbocycles. The number of morpholine rings is 1. The quantitative estimate of drug-likeness (QED) is 0.804. The van der Waals surface area contributed by atoms with Crippen LogP contribution in [0.1, 0.15) is 11.1 Å². The van der Waals surface area contributed by atoms with Gasteiger partial charge >= 0.3 is 0 Å². The summed E-state index contributed by atoms with van der Waals surface area (Å²) in [5.41, 5.74) is 2.19. The number of nitrogens with zero attached hydrogens (tertiary/aromatic N) is 1. The van der Waals surface area contributed by atoms with Crippen molar-refractivity contribution in [1.82, 2.24) is 4.90 Å². The molecule has 2 aromatic rings. The molecule has 1 aliphatic heterocycles. The second-order valence-electron chi connectivity index (χ2n) is 6.24. The highest BCUT2D eigenvalue weighted by molar-refractivity contribution is 5.40. The third-order valence-corrected chi connectivity index (χ3v) is 4.48. The predicted octanol–water partition coefficient (Wildman–Crippen LogP) is 3.29. The molecule has 2 aromatic carbocycles. The summed E-state index contributed by atoms with van der Waals surface area (Å²) in [7, 11) is 3.35. The molecule has 0 aliphatic carbocycles. The van der Waals surface area contributed by atoms with Crippen molar-refractivity contribution in [3.63, 3.8) is 0 Å². The maximum absolute atomic E-state index is 13.0. The summed E-state index contributed by atoms with van der Waals surface area (Å²) >= 11 is 0. The predicted molar refractivity (Wildman–Crippen MR) is 94.7 cm³/mol. The van der Waals surface area contributed by atoms with Gasteiger partial charge in [-0.3, -0.25) is 4.90 Å². The van der Waals surface area contributed by atoms with E-state index < -0.39 is 0 Å². The molecule has 0 bridgehead atoms. The van der Waals surface area contributed by atoms with Crippen LogP contribution in [0.4, 0.5) is 4.39 Å². The first-order valence-electron chi connectivity index (χ1n) is 8.47. The third-order valence-electron chi connectivity index (χ3n) is 4.48. The summed E-state index contributed by atoms with van der Waals surface area (Å²) in [5, 5.41) is 0. The molecule has 1 saturated heterocycles. The van der Waals surface area contributed by atoms with Gasteiger partial charge in [-0.25, -0.2) is 4.39 Å². The second-order valence-corrected chi connectivity index (χ2v) is 6.24. The van der Waals surface area contributed by atoms with Gasteiger partial charge in [0.2, 0.25) is 0 Å². The Balaban J connectivity index is 1.64. The number of halogens is 1. The maximum Gasteiger partial charge on any atom is 0.123 e. The van der Waals surface area contributed by atoms with E-state index in [9.17, 15) is 4.39 Å². The average Bonchev–Trinajstić information content (AvgIpc) is 2.64. The van der Waals surface area contributed by atoms with Crippen LogP contribution in [0.25, 0.3) is 0 Å². The van der Waals surface area contributed by atoms with Crippen molar-refractivity contribution in [1.29, 1.82) is 0 Å². The Morgan fingerprint density at radius 1 is 1.12 bits per heavy atom. The van der Waals surface area contributed by atoms with E-state index in [0.717, 1.165) is 48.7 Å². The van der Waals surface area contributed by atoms with Crippen molar-refractivity contribution < 1.29 is 18.6 Å². The highest BCUT2D eigenvalue weighted by Crippen LogP contribution is 2.26. The zero-order chi connectivity index (χ0) is 17.6. The molecule has 134 valence electrons. The van der Waals surface area contributed by atoms with Gasteiger partial charge in [0.05, 0.1) is 26.9 Å². The number of benzene rings is 2. The fourth-order valence-electron chi connectivity index (χ4n) is 3.18. The number of hydrogen-bond donors (Lipinski definition) is 0. The van der Waals surface area contributed by atoms with E-state index in [4.69, 9.17) is 14.2 Å². The summed E-state index contributed by atoms with van der Waals surface area (Å²) in [6, 6.07) is 12.5. The topological polar surface area (TPSA) is 30.9 Å². The zero-order valence-electron chi connectivity index (χ0n) is 14.7. The van der Waals surface area contributed by atoms with Crippen LogP contribution < -0.4 is 9.47 Å².